The highest BCUT2D eigenvalue weighted by Gasteiger charge is 2.09. The average molecular weight is 237 g/mol. The number of hydrogen-bond acceptors (Lipinski definition) is 7. The zero-order valence-electron chi connectivity index (χ0n) is 8.25. The van der Waals surface area contributed by atoms with Gasteiger partial charge in [0.1, 0.15) is 11.4 Å². The number of carbonyl (C=O) groups excluding carboxylic acids is 1. The number of H-pyrrole nitrogens is 1. The Morgan fingerprint density at radius 1 is 1.50 bits per heavy atom. The van der Waals surface area contributed by atoms with Gasteiger partial charge in [0, 0.05) is 0 Å². The fourth-order valence-electron chi connectivity index (χ4n) is 0.943. The molecule has 0 aliphatic heterocycles. The van der Waals surface area contributed by atoms with Crippen molar-refractivity contribution >= 4 is 17.7 Å². The second-order valence-electron chi connectivity index (χ2n) is 2.63. The normalized spacial score (nSPS) is 10.1. The number of nitrogens with zero attached hydrogens (tertiary/aromatic N) is 4. The van der Waals surface area contributed by atoms with Crippen LogP contribution < -0.4 is 0 Å². The molecule has 0 saturated carbocycles. The molecule has 0 aliphatic carbocycles. The summed E-state index contributed by atoms with van der Waals surface area (Å²) in [5.74, 6) is -0.521. The van der Waals surface area contributed by atoms with Gasteiger partial charge in [0.25, 0.3) is 0 Å². The Balaban J connectivity index is 2.19. The summed E-state index contributed by atoms with van der Waals surface area (Å²) >= 11 is 1.23. The second kappa shape index (κ2) is 4.71. The molecule has 0 radical (unpaired) electrons. The number of aromatic amines is 1. The van der Waals surface area contributed by atoms with Crippen molar-refractivity contribution in [3.05, 3.63) is 24.4 Å². The smallest absolute Gasteiger partial charge is 0.358 e. The Labute approximate surface area is 94.7 Å². The molecule has 2 aromatic rings. The summed E-state index contributed by atoms with van der Waals surface area (Å²) in [5.41, 5.74) is 0.159. The fourth-order valence-corrected chi connectivity index (χ4v) is 1.60. The highest BCUT2D eigenvalue weighted by Crippen LogP contribution is 2.20. The van der Waals surface area contributed by atoms with Crippen molar-refractivity contribution in [2.45, 2.75) is 10.2 Å². The summed E-state index contributed by atoms with van der Waals surface area (Å²) in [5, 5.41) is 7.48. The molecule has 2 aromatic heterocycles. The van der Waals surface area contributed by atoms with Crippen LogP contribution in [0.4, 0.5) is 0 Å². The molecule has 82 valence electrons. The summed E-state index contributed by atoms with van der Waals surface area (Å²) in [6.45, 7) is 0. The summed E-state index contributed by atoms with van der Waals surface area (Å²) in [4.78, 5) is 23.1. The van der Waals surface area contributed by atoms with Gasteiger partial charge in [-0.3, -0.25) is 10.1 Å². The lowest BCUT2D eigenvalue weighted by atomic mass is 10.5. The van der Waals surface area contributed by atoms with E-state index in [-0.39, 0.29) is 5.69 Å². The number of hydrogen-bond donors (Lipinski definition) is 1. The molecule has 0 aliphatic rings. The van der Waals surface area contributed by atoms with Gasteiger partial charge in [-0.15, -0.1) is 0 Å². The molecule has 0 bridgehead atoms. The zero-order chi connectivity index (χ0) is 11.4. The van der Waals surface area contributed by atoms with Gasteiger partial charge in [-0.05, 0) is 11.8 Å². The first-order valence-electron chi connectivity index (χ1n) is 4.23. The molecule has 0 spiro atoms. The van der Waals surface area contributed by atoms with Gasteiger partial charge in [-0.1, -0.05) is 0 Å². The summed E-state index contributed by atoms with van der Waals surface area (Å²) in [7, 11) is 1.29. The number of methoxy groups -OCH3 is 1. The van der Waals surface area contributed by atoms with Gasteiger partial charge in [0.2, 0.25) is 0 Å². The van der Waals surface area contributed by atoms with Crippen LogP contribution in [-0.2, 0) is 4.74 Å². The van der Waals surface area contributed by atoms with Crippen molar-refractivity contribution in [2.75, 3.05) is 7.11 Å². The lowest BCUT2D eigenvalue weighted by Gasteiger charge is -1.99. The lowest BCUT2D eigenvalue weighted by Crippen LogP contribution is -2.05. The first-order chi connectivity index (χ1) is 7.79. The SMILES string of the molecule is COC(=O)c1cncc(Sc2ncn[nH]2)n1. The van der Waals surface area contributed by atoms with E-state index in [0.29, 0.717) is 10.2 Å². The molecule has 8 heteroatoms. The largest absolute Gasteiger partial charge is 0.464 e. The van der Waals surface area contributed by atoms with E-state index in [1.54, 1.807) is 0 Å². The average Bonchev–Trinajstić information content (AvgIpc) is 2.81. The van der Waals surface area contributed by atoms with Crippen LogP contribution in [0.5, 0.6) is 0 Å². The molecular formula is C8H7N5O2S. The molecule has 2 rings (SSSR count). The van der Waals surface area contributed by atoms with E-state index in [1.165, 1.54) is 37.6 Å². The monoisotopic (exact) mass is 237 g/mol. The number of esters is 1. The molecule has 0 unspecified atom stereocenters. The number of nitrogens with one attached hydrogen (secondary N) is 1. The van der Waals surface area contributed by atoms with Crippen molar-refractivity contribution in [1.29, 1.82) is 0 Å². The molecule has 7 nitrogen and oxygen atoms in total. The summed E-state index contributed by atoms with van der Waals surface area (Å²) in [6.07, 6.45) is 4.26. The van der Waals surface area contributed by atoms with E-state index in [4.69, 9.17) is 0 Å². The highest BCUT2D eigenvalue weighted by molar-refractivity contribution is 7.99. The van der Waals surface area contributed by atoms with E-state index in [9.17, 15) is 4.79 Å². The third-order valence-electron chi connectivity index (χ3n) is 1.60. The van der Waals surface area contributed by atoms with Crippen LogP contribution in [0.2, 0.25) is 0 Å². The van der Waals surface area contributed by atoms with Gasteiger partial charge < -0.3 is 4.74 Å². The Morgan fingerprint density at radius 3 is 3.06 bits per heavy atom. The first kappa shape index (κ1) is 10.6. The van der Waals surface area contributed by atoms with Crippen molar-refractivity contribution in [3.63, 3.8) is 0 Å². The fraction of sp³-hybridized carbons (Fsp3) is 0.125. The van der Waals surface area contributed by atoms with Crippen LogP contribution in [0.25, 0.3) is 0 Å². The van der Waals surface area contributed by atoms with Crippen LogP contribution in [0.1, 0.15) is 10.5 Å². The number of rotatable bonds is 3. The van der Waals surface area contributed by atoms with E-state index in [2.05, 4.69) is 29.9 Å². The quantitative estimate of drug-likeness (QED) is 0.778. The van der Waals surface area contributed by atoms with Gasteiger partial charge in [-0.25, -0.2) is 14.8 Å². The standard InChI is InChI=1S/C8H7N5O2S/c1-15-7(14)5-2-9-3-6(12-5)16-8-10-4-11-13-8/h2-4H,1H3,(H,10,11,13). The molecule has 2 heterocycles. The van der Waals surface area contributed by atoms with Gasteiger partial charge >= 0.3 is 5.97 Å². The molecule has 0 fully saturated rings. The predicted octanol–water partition coefficient (Wildman–Crippen LogP) is 0.532. The van der Waals surface area contributed by atoms with Crippen molar-refractivity contribution in [3.8, 4) is 0 Å². The Bertz CT molecular complexity index is 487. The Hall–Kier alpha value is -1.96. The molecule has 1 N–H and O–H groups in total. The number of aromatic nitrogens is 5. The molecule has 16 heavy (non-hydrogen) atoms. The molecule has 0 atom stereocenters. The topological polar surface area (TPSA) is 93.6 Å². The second-order valence-corrected chi connectivity index (χ2v) is 3.64. The third-order valence-corrected chi connectivity index (χ3v) is 2.40. The Kier molecular flexibility index (Phi) is 3.10. The van der Waals surface area contributed by atoms with E-state index in [0.717, 1.165) is 0 Å². The minimum Gasteiger partial charge on any atom is -0.464 e. The lowest BCUT2D eigenvalue weighted by molar-refractivity contribution is 0.0592. The maximum atomic E-state index is 11.2. The summed E-state index contributed by atoms with van der Waals surface area (Å²) < 4.78 is 4.54. The predicted molar refractivity (Wildman–Crippen MR) is 53.9 cm³/mol. The molecule has 0 amide bonds. The maximum absolute atomic E-state index is 11.2. The maximum Gasteiger partial charge on any atom is 0.358 e. The Morgan fingerprint density at radius 2 is 2.38 bits per heavy atom. The minimum absolute atomic E-state index is 0.159. The molecular weight excluding hydrogens is 230 g/mol. The van der Waals surface area contributed by atoms with Gasteiger partial charge in [-0.2, -0.15) is 5.10 Å². The van der Waals surface area contributed by atoms with Crippen molar-refractivity contribution < 1.29 is 9.53 Å². The number of carbonyl (C=O) groups is 1. The number of ether oxygens (including phenoxy) is 1. The van der Waals surface area contributed by atoms with Crippen LogP contribution in [0.15, 0.2) is 28.9 Å². The van der Waals surface area contributed by atoms with E-state index < -0.39 is 5.97 Å². The van der Waals surface area contributed by atoms with Gasteiger partial charge in [0.05, 0.1) is 19.5 Å². The van der Waals surface area contributed by atoms with E-state index >= 15 is 0 Å². The van der Waals surface area contributed by atoms with E-state index in [1.807, 2.05) is 0 Å². The van der Waals surface area contributed by atoms with Crippen LogP contribution in [0.3, 0.4) is 0 Å². The first-order valence-corrected chi connectivity index (χ1v) is 5.05. The van der Waals surface area contributed by atoms with Crippen LogP contribution in [0, 0.1) is 0 Å². The molecule has 0 saturated heterocycles. The highest BCUT2D eigenvalue weighted by atomic mass is 32.2. The van der Waals surface area contributed by atoms with Crippen LogP contribution >= 0.6 is 11.8 Å². The molecule has 0 aromatic carbocycles. The van der Waals surface area contributed by atoms with Gasteiger partial charge in [0.15, 0.2) is 10.9 Å². The third kappa shape index (κ3) is 2.34. The van der Waals surface area contributed by atoms with Crippen LogP contribution in [-0.4, -0.2) is 38.2 Å². The van der Waals surface area contributed by atoms with Crippen molar-refractivity contribution in [2.24, 2.45) is 0 Å². The minimum atomic E-state index is -0.521. The zero-order valence-corrected chi connectivity index (χ0v) is 9.06. The summed E-state index contributed by atoms with van der Waals surface area (Å²) in [6, 6.07) is 0. The van der Waals surface area contributed by atoms with Crippen molar-refractivity contribution in [1.82, 2.24) is 25.1 Å².